The smallest absolute Gasteiger partial charge is 0.170 e. The van der Waals surface area contributed by atoms with Gasteiger partial charge in [0.1, 0.15) is 5.82 Å². The van der Waals surface area contributed by atoms with Gasteiger partial charge >= 0.3 is 0 Å². The summed E-state index contributed by atoms with van der Waals surface area (Å²) in [6.45, 7) is 1.85. The van der Waals surface area contributed by atoms with Crippen LogP contribution in [-0.2, 0) is 0 Å². The molecule has 1 unspecified atom stereocenters. The Morgan fingerprint density at radius 3 is 2.89 bits per heavy atom. The molecular formula is C12H14FN3OS2. The van der Waals surface area contributed by atoms with E-state index in [4.69, 9.17) is 10.5 Å². The molecule has 1 atom stereocenters. The topological polar surface area (TPSA) is 61.0 Å². The average Bonchev–Trinajstić information content (AvgIpc) is 2.81. The van der Waals surface area contributed by atoms with E-state index in [0.717, 1.165) is 15.7 Å². The normalized spacial score (nSPS) is 12.4. The first-order valence-corrected chi connectivity index (χ1v) is 7.38. The predicted octanol–water partition coefficient (Wildman–Crippen LogP) is 2.79. The highest BCUT2D eigenvalue weighted by atomic mass is 32.2. The van der Waals surface area contributed by atoms with E-state index in [2.05, 4.69) is 9.36 Å². The zero-order valence-corrected chi connectivity index (χ0v) is 12.2. The molecule has 1 aromatic carbocycles. The van der Waals surface area contributed by atoms with Crippen molar-refractivity contribution in [2.45, 2.75) is 17.3 Å². The maximum Gasteiger partial charge on any atom is 0.170 e. The third-order valence-corrected chi connectivity index (χ3v) is 4.54. The fourth-order valence-electron chi connectivity index (χ4n) is 1.51. The van der Waals surface area contributed by atoms with Gasteiger partial charge in [0, 0.05) is 11.8 Å². The quantitative estimate of drug-likeness (QED) is 0.860. The Bertz CT molecular complexity index is 562. The second-order valence-corrected chi connectivity index (χ2v) is 5.94. The molecule has 0 spiro atoms. The molecule has 1 heterocycles. The molecular weight excluding hydrogens is 285 g/mol. The zero-order chi connectivity index (χ0) is 13.8. The fraction of sp³-hybridized carbons (Fsp3) is 0.333. The summed E-state index contributed by atoms with van der Waals surface area (Å²) in [4.78, 5) is 4.24. The monoisotopic (exact) mass is 299 g/mol. The molecule has 2 N–H and O–H groups in total. The van der Waals surface area contributed by atoms with Crippen molar-refractivity contribution in [3.05, 3.63) is 35.4 Å². The second kappa shape index (κ2) is 6.31. The zero-order valence-electron chi connectivity index (χ0n) is 10.6. The minimum absolute atomic E-state index is 0.225. The third kappa shape index (κ3) is 3.65. The summed E-state index contributed by atoms with van der Waals surface area (Å²) in [5.74, 6) is 1.22. The van der Waals surface area contributed by atoms with Crippen LogP contribution in [0, 0.1) is 12.7 Å². The number of rotatable bonds is 5. The number of halogens is 1. The predicted molar refractivity (Wildman–Crippen MR) is 75.3 cm³/mol. The van der Waals surface area contributed by atoms with E-state index in [9.17, 15) is 4.39 Å². The maximum absolute atomic E-state index is 13.6. The molecule has 0 aliphatic carbocycles. The van der Waals surface area contributed by atoms with Gasteiger partial charge in [0.2, 0.25) is 0 Å². The minimum Gasteiger partial charge on any atom is -0.494 e. The number of thioether (sulfide) groups is 1. The van der Waals surface area contributed by atoms with E-state index < -0.39 is 5.82 Å². The minimum atomic E-state index is -0.396. The van der Waals surface area contributed by atoms with E-state index in [1.165, 1.54) is 36.5 Å². The van der Waals surface area contributed by atoms with Crippen LogP contribution in [0.15, 0.2) is 22.5 Å². The van der Waals surface area contributed by atoms with Crippen LogP contribution in [0.3, 0.4) is 0 Å². The molecule has 0 aliphatic rings. The number of aryl methyl sites for hydroxylation is 1. The van der Waals surface area contributed by atoms with Gasteiger partial charge in [-0.1, -0.05) is 17.8 Å². The standard InChI is InChI=1S/C12H14FN3OS2/c1-7-15-12(19-16-7)18-6-10(14)8-3-4-11(17-2)9(13)5-8/h3-5,10H,6,14H2,1-2H3. The highest BCUT2D eigenvalue weighted by Gasteiger charge is 2.11. The SMILES string of the molecule is COc1ccc(C(N)CSc2nc(C)ns2)cc1F. The Morgan fingerprint density at radius 1 is 1.53 bits per heavy atom. The number of ether oxygens (including phenoxy) is 1. The third-order valence-electron chi connectivity index (χ3n) is 2.50. The lowest BCUT2D eigenvalue weighted by Crippen LogP contribution is -2.13. The first-order valence-electron chi connectivity index (χ1n) is 5.62. The Morgan fingerprint density at radius 2 is 2.32 bits per heavy atom. The molecule has 0 fully saturated rings. The Labute approximate surface area is 119 Å². The van der Waals surface area contributed by atoms with Gasteiger partial charge in [0.05, 0.1) is 7.11 Å². The molecule has 0 saturated carbocycles. The van der Waals surface area contributed by atoms with Crippen LogP contribution in [0.1, 0.15) is 17.4 Å². The Hall–Kier alpha value is -1.18. The summed E-state index contributed by atoms with van der Waals surface area (Å²) in [6.07, 6.45) is 0. The number of nitrogens with zero attached hydrogens (tertiary/aromatic N) is 2. The fourth-order valence-corrected chi connectivity index (χ4v) is 3.17. The van der Waals surface area contributed by atoms with Gasteiger partial charge in [-0.2, -0.15) is 4.37 Å². The molecule has 2 rings (SSSR count). The van der Waals surface area contributed by atoms with Crippen molar-refractivity contribution >= 4 is 23.3 Å². The van der Waals surface area contributed by atoms with Gasteiger partial charge in [0.25, 0.3) is 0 Å². The highest BCUT2D eigenvalue weighted by molar-refractivity contribution is 8.00. The van der Waals surface area contributed by atoms with Gasteiger partial charge in [0.15, 0.2) is 15.9 Å². The van der Waals surface area contributed by atoms with Crippen LogP contribution in [-0.4, -0.2) is 22.2 Å². The van der Waals surface area contributed by atoms with Gasteiger partial charge in [-0.05, 0) is 36.2 Å². The number of nitrogens with two attached hydrogens (primary N) is 1. The van der Waals surface area contributed by atoms with Gasteiger partial charge in [-0.3, -0.25) is 0 Å². The van der Waals surface area contributed by atoms with Crippen LogP contribution in [0.4, 0.5) is 4.39 Å². The average molecular weight is 299 g/mol. The summed E-state index contributed by atoms with van der Waals surface area (Å²) >= 11 is 2.87. The van der Waals surface area contributed by atoms with E-state index in [0.29, 0.717) is 5.75 Å². The van der Waals surface area contributed by atoms with Crippen molar-refractivity contribution in [2.75, 3.05) is 12.9 Å². The van der Waals surface area contributed by atoms with Gasteiger partial charge < -0.3 is 10.5 Å². The van der Waals surface area contributed by atoms with Gasteiger partial charge in [-0.15, -0.1) is 0 Å². The summed E-state index contributed by atoms with van der Waals surface area (Å²) in [7, 11) is 1.44. The van der Waals surface area contributed by atoms with Gasteiger partial charge in [-0.25, -0.2) is 9.37 Å². The van der Waals surface area contributed by atoms with Crippen molar-refractivity contribution in [3.8, 4) is 5.75 Å². The first kappa shape index (κ1) is 14.2. The molecule has 19 heavy (non-hydrogen) atoms. The van der Waals surface area contributed by atoms with Crippen LogP contribution >= 0.6 is 23.3 Å². The van der Waals surface area contributed by atoms with E-state index in [1.54, 1.807) is 12.1 Å². The van der Waals surface area contributed by atoms with Crippen molar-refractivity contribution in [1.29, 1.82) is 0 Å². The lowest BCUT2D eigenvalue weighted by molar-refractivity contribution is 0.386. The number of hydrogen-bond donors (Lipinski definition) is 1. The molecule has 0 saturated heterocycles. The first-order chi connectivity index (χ1) is 9.10. The lowest BCUT2D eigenvalue weighted by atomic mass is 10.1. The molecule has 0 bridgehead atoms. The Balaban J connectivity index is 1.99. The highest BCUT2D eigenvalue weighted by Crippen LogP contribution is 2.26. The van der Waals surface area contributed by atoms with Crippen molar-refractivity contribution in [3.63, 3.8) is 0 Å². The number of methoxy groups -OCH3 is 1. The summed E-state index contributed by atoms with van der Waals surface area (Å²) in [6, 6.07) is 4.52. The van der Waals surface area contributed by atoms with Crippen molar-refractivity contribution < 1.29 is 9.13 Å². The number of aromatic nitrogens is 2. The van der Waals surface area contributed by atoms with Crippen molar-refractivity contribution in [1.82, 2.24) is 9.36 Å². The van der Waals surface area contributed by atoms with E-state index in [-0.39, 0.29) is 11.8 Å². The molecule has 2 aromatic rings. The van der Waals surface area contributed by atoms with Crippen LogP contribution in [0.2, 0.25) is 0 Å². The Kier molecular flexibility index (Phi) is 4.73. The molecule has 4 nitrogen and oxygen atoms in total. The van der Waals surface area contributed by atoms with E-state index >= 15 is 0 Å². The molecule has 1 aromatic heterocycles. The van der Waals surface area contributed by atoms with Crippen LogP contribution < -0.4 is 10.5 Å². The van der Waals surface area contributed by atoms with E-state index in [1.807, 2.05) is 6.92 Å². The summed E-state index contributed by atoms with van der Waals surface area (Å²) in [5, 5.41) is 0. The maximum atomic E-state index is 13.6. The molecule has 0 radical (unpaired) electrons. The number of benzene rings is 1. The molecule has 7 heteroatoms. The van der Waals surface area contributed by atoms with Crippen LogP contribution in [0.25, 0.3) is 0 Å². The lowest BCUT2D eigenvalue weighted by Gasteiger charge is -2.11. The molecule has 0 aliphatic heterocycles. The molecule has 0 amide bonds. The largest absolute Gasteiger partial charge is 0.494 e. The second-order valence-electron chi connectivity index (χ2n) is 3.92. The summed E-state index contributed by atoms with van der Waals surface area (Å²) in [5.41, 5.74) is 6.78. The van der Waals surface area contributed by atoms with Crippen LogP contribution in [0.5, 0.6) is 5.75 Å². The van der Waals surface area contributed by atoms with Crippen molar-refractivity contribution in [2.24, 2.45) is 5.73 Å². The molecule has 102 valence electrons. The number of hydrogen-bond acceptors (Lipinski definition) is 6. The summed E-state index contributed by atoms with van der Waals surface area (Å²) < 4.78 is 23.4.